The summed E-state index contributed by atoms with van der Waals surface area (Å²) in [5.74, 6) is -1.56. The second kappa shape index (κ2) is 9.58. The molecular formula is C16H23N3O4. The number of nitrogens with one attached hydrogen (secondary N) is 2. The van der Waals surface area contributed by atoms with Crippen molar-refractivity contribution in [3.05, 3.63) is 35.9 Å². The summed E-state index contributed by atoms with van der Waals surface area (Å²) in [7, 11) is 0. The molecule has 0 aliphatic carbocycles. The number of hydrogen-bond donors (Lipinski definition) is 3. The average Bonchev–Trinajstić information content (AvgIpc) is 2.55. The predicted octanol–water partition coefficient (Wildman–Crippen LogP) is -0.0545. The molecule has 7 nitrogen and oxygen atoms in total. The Bertz CT molecular complexity index is 531. The van der Waals surface area contributed by atoms with E-state index in [1.54, 1.807) is 13.8 Å². The fraction of sp³-hybridized carbons (Fsp3) is 0.438. The van der Waals surface area contributed by atoms with Crippen molar-refractivity contribution in [2.24, 2.45) is 11.7 Å². The monoisotopic (exact) mass is 321 g/mol. The maximum atomic E-state index is 12.1. The highest BCUT2D eigenvalue weighted by molar-refractivity contribution is 5.88. The third kappa shape index (κ3) is 6.92. The topological polar surface area (TPSA) is 111 Å². The molecule has 0 aliphatic rings. The maximum absolute atomic E-state index is 12.1. The van der Waals surface area contributed by atoms with Crippen LogP contribution in [-0.2, 0) is 25.7 Å². The van der Waals surface area contributed by atoms with Gasteiger partial charge < -0.3 is 21.1 Å². The number of esters is 1. The van der Waals surface area contributed by atoms with Gasteiger partial charge in [0.15, 0.2) is 0 Å². The van der Waals surface area contributed by atoms with Gasteiger partial charge in [-0.05, 0) is 11.5 Å². The summed E-state index contributed by atoms with van der Waals surface area (Å²) >= 11 is 0. The van der Waals surface area contributed by atoms with Crippen molar-refractivity contribution in [3.63, 3.8) is 0 Å². The first-order valence-electron chi connectivity index (χ1n) is 7.40. The van der Waals surface area contributed by atoms with Gasteiger partial charge in [0.25, 0.3) is 0 Å². The molecule has 0 fully saturated rings. The lowest BCUT2D eigenvalue weighted by molar-refractivity contribution is -0.150. The van der Waals surface area contributed by atoms with E-state index in [0.29, 0.717) is 0 Å². The molecule has 0 aliphatic heterocycles. The molecule has 1 aromatic rings. The van der Waals surface area contributed by atoms with Gasteiger partial charge in [-0.3, -0.25) is 9.59 Å². The van der Waals surface area contributed by atoms with Crippen molar-refractivity contribution in [3.8, 4) is 0 Å². The molecule has 0 unspecified atom stereocenters. The lowest BCUT2D eigenvalue weighted by atomic mass is 10.0. The van der Waals surface area contributed by atoms with E-state index in [1.165, 1.54) is 0 Å². The van der Waals surface area contributed by atoms with Crippen LogP contribution in [0.3, 0.4) is 0 Å². The summed E-state index contributed by atoms with van der Waals surface area (Å²) in [5, 5.41) is 4.91. The van der Waals surface area contributed by atoms with Crippen LogP contribution in [0, 0.1) is 5.92 Å². The Morgan fingerprint density at radius 2 is 1.78 bits per heavy atom. The molecule has 23 heavy (non-hydrogen) atoms. The molecule has 0 saturated carbocycles. The average molecular weight is 321 g/mol. The molecule has 7 heteroatoms. The molecule has 0 saturated heterocycles. The van der Waals surface area contributed by atoms with E-state index in [9.17, 15) is 14.4 Å². The van der Waals surface area contributed by atoms with Crippen LogP contribution in [-0.4, -0.2) is 36.9 Å². The summed E-state index contributed by atoms with van der Waals surface area (Å²) in [5.41, 5.74) is 6.00. The van der Waals surface area contributed by atoms with Gasteiger partial charge in [0, 0.05) is 0 Å². The summed E-state index contributed by atoms with van der Waals surface area (Å²) in [6.07, 6.45) is 0. The number of hydrogen-bond acceptors (Lipinski definition) is 5. The zero-order chi connectivity index (χ0) is 17.2. The second-order valence-corrected chi connectivity index (χ2v) is 5.36. The third-order valence-corrected chi connectivity index (χ3v) is 3.09. The number of amides is 2. The normalized spacial score (nSPS) is 11.7. The highest BCUT2D eigenvalue weighted by Gasteiger charge is 2.25. The Hall–Kier alpha value is -2.41. The lowest BCUT2D eigenvalue weighted by Crippen LogP contribution is -2.49. The van der Waals surface area contributed by atoms with Gasteiger partial charge in [0.1, 0.15) is 12.6 Å². The van der Waals surface area contributed by atoms with Crippen molar-refractivity contribution in [1.29, 1.82) is 0 Å². The number of benzene rings is 1. The molecule has 1 atom stereocenters. The quantitative estimate of drug-likeness (QED) is 0.581. The van der Waals surface area contributed by atoms with Crippen molar-refractivity contribution >= 4 is 17.8 Å². The van der Waals surface area contributed by atoms with E-state index < -0.39 is 23.8 Å². The number of rotatable bonds is 8. The molecule has 2 amide bonds. The van der Waals surface area contributed by atoms with Crippen molar-refractivity contribution in [1.82, 2.24) is 10.6 Å². The Morgan fingerprint density at radius 3 is 2.35 bits per heavy atom. The van der Waals surface area contributed by atoms with Crippen LogP contribution in [0.4, 0.5) is 0 Å². The number of ether oxygens (including phenoxy) is 1. The largest absolute Gasteiger partial charge is 0.459 e. The molecule has 0 spiro atoms. The van der Waals surface area contributed by atoms with Crippen LogP contribution in [0.15, 0.2) is 30.3 Å². The van der Waals surface area contributed by atoms with Crippen LogP contribution >= 0.6 is 0 Å². The summed E-state index contributed by atoms with van der Waals surface area (Å²) in [6, 6.07) is 8.49. The minimum Gasteiger partial charge on any atom is -0.459 e. The van der Waals surface area contributed by atoms with E-state index in [1.807, 2.05) is 30.3 Å². The fourth-order valence-corrected chi connectivity index (χ4v) is 1.79. The number of nitrogens with two attached hydrogens (primary N) is 1. The maximum Gasteiger partial charge on any atom is 0.329 e. The molecular weight excluding hydrogens is 298 g/mol. The van der Waals surface area contributed by atoms with Gasteiger partial charge in [-0.1, -0.05) is 44.2 Å². The molecule has 4 N–H and O–H groups in total. The predicted molar refractivity (Wildman–Crippen MR) is 85.1 cm³/mol. The smallest absolute Gasteiger partial charge is 0.329 e. The highest BCUT2D eigenvalue weighted by atomic mass is 16.5. The van der Waals surface area contributed by atoms with E-state index in [-0.39, 0.29) is 25.6 Å². The summed E-state index contributed by atoms with van der Waals surface area (Å²) < 4.78 is 5.24. The van der Waals surface area contributed by atoms with Gasteiger partial charge in [-0.2, -0.15) is 0 Å². The molecule has 0 heterocycles. The first-order valence-corrected chi connectivity index (χ1v) is 7.40. The van der Waals surface area contributed by atoms with Crippen LogP contribution in [0.1, 0.15) is 19.4 Å². The molecule has 1 rings (SSSR count). The molecule has 1 aromatic carbocycles. The molecule has 0 radical (unpaired) electrons. The first-order chi connectivity index (χ1) is 10.9. The zero-order valence-electron chi connectivity index (χ0n) is 13.4. The van der Waals surface area contributed by atoms with Gasteiger partial charge in [0.05, 0.1) is 13.1 Å². The van der Waals surface area contributed by atoms with Crippen LogP contribution in [0.2, 0.25) is 0 Å². The zero-order valence-corrected chi connectivity index (χ0v) is 13.4. The van der Waals surface area contributed by atoms with E-state index >= 15 is 0 Å². The number of carbonyl (C=O) groups excluding carboxylic acids is 3. The van der Waals surface area contributed by atoms with Crippen molar-refractivity contribution in [2.45, 2.75) is 26.5 Å². The SMILES string of the molecule is CC(C)[C@H](NC(=O)CNC(=O)CN)C(=O)OCc1ccccc1. The van der Waals surface area contributed by atoms with E-state index in [0.717, 1.165) is 5.56 Å². The molecule has 0 bridgehead atoms. The van der Waals surface area contributed by atoms with Gasteiger partial charge in [0.2, 0.25) is 11.8 Å². The highest BCUT2D eigenvalue weighted by Crippen LogP contribution is 2.07. The number of carbonyl (C=O) groups is 3. The first kappa shape index (κ1) is 18.6. The molecule has 0 aromatic heterocycles. The van der Waals surface area contributed by atoms with Crippen molar-refractivity contribution in [2.75, 3.05) is 13.1 Å². The summed E-state index contributed by atoms with van der Waals surface area (Å²) in [4.78, 5) is 34.9. The van der Waals surface area contributed by atoms with Gasteiger partial charge in [-0.15, -0.1) is 0 Å². The second-order valence-electron chi connectivity index (χ2n) is 5.36. The van der Waals surface area contributed by atoms with Crippen molar-refractivity contribution < 1.29 is 19.1 Å². The Balaban J connectivity index is 2.51. The van der Waals surface area contributed by atoms with E-state index in [2.05, 4.69) is 10.6 Å². The minimum absolute atomic E-state index is 0.142. The fourth-order valence-electron chi connectivity index (χ4n) is 1.79. The molecule has 126 valence electrons. The lowest BCUT2D eigenvalue weighted by Gasteiger charge is -2.21. The minimum atomic E-state index is -0.777. The summed E-state index contributed by atoms with van der Waals surface area (Å²) in [6.45, 7) is 3.31. The Kier molecular flexibility index (Phi) is 7.76. The van der Waals surface area contributed by atoms with Crippen LogP contribution in [0.25, 0.3) is 0 Å². The standard InChI is InChI=1S/C16H23N3O4/c1-11(2)15(19-14(21)9-18-13(20)8-17)16(22)23-10-12-6-4-3-5-7-12/h3-7,11,15H,8-10,17H2,1-2H3,(H,18,20)(H,19,21)/t15-/m0/s1. The van der Waals surface area contributed by atoms with Gasteiger partial charge in [-0.25, -0.2) is 4.79 Å². The van der Waals surface area contributed by atoms with Gasteiger partial charge >= 0.3 is 5.97 Å². The third-order valence-electron chi connectivity index (χ3n) is 3.09. The van der Waals surface area contributed by atoms with Crippen LogP contribution < -0.4 is 16.4 Å². The van der Waals surface area contributed by atoms with Crippen LogP contribution in [0.5, 0.6) is 0 Å². The van der Waals surface area contributed by atoms with E-state index in [4.69, 9.17) is 10.5 Å². The Labute approximate surface area is 135 Å². The Morgan fingerprint density at radius 1 is 1.13 bits per heavy atom.